The van der Waals surface area contributed by atoms with Crippen LogP contribution in [0.1, 0.15) is 10.4 Å². The van der Waals surface area contributed by atoms with E-state index < -0.39 is 11.9 Å². The van der Waals surface area contributed by atoms with E-state index in [0.717, 1.165) is 0 Å². The summed E-state index contributed by atoms with van der Waals surface area (Å²) in [5.74, 6) is -1.49. The second-order valence-electron chi connectivity index (χ2n) is 2.35. The minimum absolute atomic E-state index is 0.337. The van der Waals surface area contributed by atoms with Gasteiger partial charge < -0.3 is 10.4 Å². The summed E-state index contributed by atoms with van der Waals surface area (Å²) in [5.41, 5.74) is 0.337. The second kappa shape index (κ2) is 4.25. The number of hydrogen-bond donors (Lipinski definition) is 2. The van der Waals surface area contributed by atoms with Crippen molar-refractivity contribution in [1.29, 1.82) is 0 Å². The van der Waals surface area contributed by atoms with Gasteiger partial charge in [-0.05, 0) is 12.1 Å². The SMILES string of the molecule is O=C(O)CNC(=O)c1[c]cccc1. The molecule has 0 aliphatic carbocycles. The van der Waals surface area contributed by atoms with Crippen LogP contribution in [0.5, 0.6) is 0 Å². The molecule has 1 rings (SSSR count). The summed E-state index contributed by atoms with van der Waals surface area (Å²) in [6, 6.07) is 9.26. The van der Waals surface area contributed by atoms with E-state index in [2.05, 4.69) is 11.4 Å². The van der Waals surface area contributed by atoms with Gasteiger partial charge in [-0.15, -0.1) is 0 Å². The maximum atomic E-state index is 11.1. The van der Waals surface area contributed by atoms with Crippen molar-refractivity contribution < 1.29 is 14.7 Å². The molecule has 1 aromatic rings. The van der Waals surface area contributed by atoms with Gasteiger partial charge in [0.2, 0.25) is 0 Å². The highest BCUT2D eigenvalue weighted by molar-refractivity contribution is 5.95. The third-order valence-corrected chi connectivity index (χ3v) is 1.35. The van der Waals surface area contributed by atoms with Crippen molar-refractivity contribution >= 4 is 11.9 Å². The third-order valence-electron chi connectivity index (χ3n) is 1.35. The van der Waals surface area contributed by atoms with Crippen LogP contribution >= 0.6 is 0 Å². The van der Waals surface area contributed by atoms with Crippen LogP contribution < -0.4 is 5.32 Å². The number of nitrogens with one attached hydrogen (secondary N) is 1. The first-order chi connectivity index (χ1) is 6.20. The lowest BCUT2D eigenvalue weighted by Gasteiger charge is -2.00. The lowest BCUT2D eigenvalue weighted by Crippen LogP contribution is -2.29. The number of benzene rings is 1. The Morgan fingerprint density at radius 3 is 2.77 bits per heavy atom. The summed E-state index contributed by atoms with van der Waals surface area (Å²) in [7, 11) is 0. The summed E-state index contributed by atoms with van der Waals surface area (Å²) in [5, 5.41) is 10.5. The molecule has 0 spiro atoms. The standard InChI is InChI=1S/C9H8NO3/c11-8(12)6-10-9(13)7-4-2-1-3-5-7/h1-4H,6H2,(H,10,13)(H,11,12). The molecule has 0 bridgehead atoms. The first-order valence-electron chi connectivity index (χ1n) is 3.67. The largest absolute Gasteiger partial charge is 0.480 e. The number of carbonyl (C=O) groups is 2. The second-order valence-corrected chi connectivity index (χ2v) is 2.35. The molecule has 0 unspecified atom stereocenters. The Bertz CT molecular complexity index is 308. The van der Waals surface area contributed by atoms with Crippen LogP contribution in [0.2, 0.25) is 0 Å². The van der Waals surface area contributed by atoms with E-state index in [0.29, 0.717) is 5.56 Å². The molecule has 0 saturated carbocycles. The Kier molecular flexibility index (Phi) is 3.03. The molecule has 4 nitrogen and oxygen atoms in total. The van der Waals surface area contributed by atoms with Crippen molar-refractivity contribution in [2.45, 2.75) is 0 Å². The predicted molar refractivity (Wildman–Crippen MR) is 45.2 cm³/mol. The molecule has 2 N–H and O–H groups in total. The van der Waals surface area contributed by atoms with Gasteiger partial charge in [0.05, 0.1) is 0 Å². The molecule has 0 atom stereocenters. The van der Waals surface area contributed by atoms with Crippen LogP contribution in [-0.2, 0) is 4.79 Å². The van der Waals surface area contributed by atoms with Gasteiger partial charge in [-0.2, -0.15) is 0 Å². The Balaban J connectivity index is 2.54. The summed E-state index contributed by atoms with van der Waals surface area (Å²) < 4.78 is 0. The summed E-state index contributed by atoms with van der Waals surface area (Å²) >= 11 is 0. The fourth-order valence-corrected chi connectivity index (χ4v) is 0.786. The molecular formula is C9H8NO3. The van der Waals surface area contributed by atoms with Gasteiger partial charge in [0.25, 0.3) is 5.91 Å². The normalized spacial score (nSPS) is 9.23. The van der Waals surface area contributed by atoms with Crippen molar-refractivity contribution in [3.05, 3.63) is 35.9 Å². The molecule has 0 heterocycles. The van der Waals surface area contributed by atoms with E-state index >= 15 is 0 Å². The maximum absolute atomic E-state index is 11.1. The molecule has 1 radical (unpaired) electrons. The van der Waals surface area contributed by atoms with Crippen LogP contribution in [0.25, 0.3) is 0 Å². The number of carboxylic acids is 1. The van der Waals surface area contributed by atoms with E-state index in [1.54, 1.807) is 24.3 Å². The monoisotopic (exact) mass is 178 g/mol. The van der Waals surface area contributed by atoms with Crippen molar-refractivity contribution in [2.75, 3.05) is 6.54 Å². The predicted octanol–water partition coefficient (Wildman–Crippen LogP) is 0.301. The van der Waals surface area contributed by atoms with Gasteiger partial charge >= 0.3 is 5.97 Å². The van der Waals surface area contributed by atoms with Crippen molar-refractivity contribution in [3.63, 3.8) is 0 Å². The Morgan fingerprint density at radius 2 is 2.23 bits per heavy atom. The first-order valence-corrected chi connectivity index (χ1v) is 3.67. The number of aliphatic carboxylic acids is 1. The molecule has 13 heavy (non-hydrogen) atoms. The van der Waals surface area contributed by atoms with Gasteiger partial charge in [0.1, 0.15) is 6.54 Å². The van der Waals surface area contributed by atoms with E-state index in [9.17, 15) is 9.59 Å². The lowest BCUT2D eigenvalue weighted by molar-refractivity contribution is -0.135. The minimum Gasteiger partial charge on any atom is -0.480 e. The van der Waals surface area contributed by atoms with Crippen LogP contribution in [0.15, 0.2) is 24.3 Å². The lowest BCUT2D eigenvalue weighted by atomic mass is 10.2. The Morgan fingerprint density at radius 1 is 1.46 bits per heavy atom. The van der Waals surface area contributed by atoms with Crippen LogP contribution in [0, 0.1) is 6.07 Å². The number of carboxylic acid groups (broad SMARTS) is 1. The highest BCUT2D eigenvalue weighted by Crippen LogP contribution is 1.95. The molecule has 67 valence electrons. The average Bonchev–Trinajstić information content (AvgIpc) is 2.15. The average molecular weight is 178 g/mol. The van der Waals surface area contributed by atoms with Crippen molar-refractivity contribution in [2.24, 2.45) is 0 Å². The molecule has 1 amide bonds. The van der Waals surface area contributed by atoms with Crippen LogP contribution in [0.3, 0.4) is 0 Å². The fraction of sp³-hybridized carbons (Fsp3) is 0.111. The molecule has 0 aromatic heterocycles. The molecule has 0 aliphatic rings. The zero-order chi connectivity index (χ0) is 9.68. The molecule has 0 saturated heterocycles. The zero-order valence-electron chi connectivity index (χ0n) is 6.78. The number of amides is 1. The van der Waals surface area contributed by atoms with Crippen LogP contribution in [0.4, 0.5) is 0 Å². The number of hydrogen-bond acceptors (Lipinski definition) is 2. The Hall–Kier alpha value is -1.84. The van der Waals surface area contributed by atoms with E-state index in [1.807, 2.05) is 0 Å². The van der Waals surface area contributed by atoms with Crippen LogP contribution in [-0.4, -0.2) is 23.5 Å². The summed E-state index contributed by atoms with van der Waals surface area (Å²) in [6.45, 7) is -0.373. The molecule has 4 heteroatoms. The fourth-order valence-electron chi connectivity index (χ4n) is 0.786. The Labute approximate surface area is 75.2 Å². The summed E-state index contributed by atoms with van der Waals surface area (Å²) in [6.07, 6.45) is 0. The highest BCUT2D eigenvalue weighted by atomic mass is 16.4. The molecule has 0 aliphatic heterocycles. The smallest absolute Gasteiger partial charge is 0.322 e. The topological polar surface area (TPSA) is 66.4 Å². The van der Waals surface area contributed by atoms with E-state index in [-0.39, 0.29) is 6.54 Å². The quantitative estimate of drug-likeness (QED) is 0.699. The highest BCUT2D eigenvalue weighted by Gasteiger charge is 2.05. The van der Waals surface area contributed by atoms with Gasteiger partial charge in [-0.1, -0.05) is 18.2 Å². The van der Waals surface area contributed by atoms with Gasteiger partial charge in [-0.3, -0.25) is 9.59 Å². The van der Waals surface area contributed by atoms with E-state index in [4.69, 9.17) is 5.11 Å². The van der Waals surface area contributed by atoms with Gasteiger partial charge in [-0.25, -0.2) is 0 Å². The third kappa shape index (κ3) is 2.94. The van der Waals surface area contributed by atoms with E-state index in [1.165, 1.54) is 0 Å². The first kappa shape index (κ1) is 9.25. The summed E-state index contributed by atoms with van der Waals surface area (Å²) in [4.78, 5) is 21.3. The molecular weight excluding hydrogens is 170 g/mol. The molecule has 0 fully saturated rings. The zero-order valence-corrected chi connectivity index (χ0v) is 6.78. The number of carbonyl (C=O) groups excluding carboxylic acids is 1. The van der Waals surface area contributed by atoms with Crippen molar-refractivity contribution in [1.82, 2.24) is 5.32 Å². The maximum Gasteiger partial charge on any atom is 0.322 e. The van der Waals surface area contributed by atoms with Gasteiger partial charge in [0.15, 0.2) is 0 Å². The number of rotatable bonds is 3. The van der Waals surface area contributed by atoms with Gasteiger partial charge in [0, 0.05) is 5.56 Å². The minimum atomic E-state index is -1.07. The van der Waals surface area contributed by atoms with Crippen molar-refractivity contribution in [3.8, 4) is 0 Å². The molecule has 1 aromatic carbocycles.